The van der Waals surface area contributed by atoms with Crippen LogP contribution in [0.4, 0.5) is 5.69 Å². The number of anilines is 1. The zero-order chi connectivity index (χ0) is 13.0. The van der Waals surface area contributed by atoms with Crippen LogP contribution in [0.3, 0.4) is 0 Å². The van der Waals surface area contributed by atoms with Gasteiger partial charge in [0.1, 0.15) is 5.75 Å². The van der Waals surface area contributed by atoms with Gasteiger partial charge in [0.05, 0.1) is 12.8 Å². The van der Waals surface area contributed by atoms with E-state index < -0.39 is 0 Å². The maximum absolute atomic E-state index is 5.27. The maximum atomic E-state index is 5.27. The lowest BCUT2D eigenvalue weighted by molar-refractivity contribution is 0.413. The van der Waals surface area contributed by atoms with Crippen LogP contribution in [0.25, 0.3) is 0 Å². The van der Waals surface area contributed by atoms with E-state index in [1.165, 1.54) is 0 Å². The van der Waals surface area contributed by atoms with Crippen LogP contribution in [0.15, 0.2) is 18.2 Å². The Hall–Kier alpha value is -1.18. The second kappa shape index (κ2) is 11.9. The highest BCUT2D eigenvalue weighted by Crippen LogP contribution is 2.27. The van der Waals surface area contributed by atoms with Gasteiger partial charge in [0.15, 0.2) is 0 Å². The van der Waals surface area contributed by atoms with Crippen LogP contribution in [0.2, 0.25) is 0 Å². The van der Waals surface area contributed by atoms with E-state index >= 15 is 0 Å². The van der Waals surface area contributed by atoms with Crippen molar-refractivity contribution in [2.45, 2.75) is 41.5 Å². The molecule has 0 radical (unpaired) electrons. The number of para-hydroxylation sites is 1. The lowest BCUT2D eigenvalue weighted by atomic mass is 10.2. The highest BCUT2D eigenvalue weighted by atomic mass is 16.5. The Morgan fingerprint density at radius 3 is 2.12 bits per heavy atom. The molecular weight excluding hydrogens is 198 g/mol. The summed E-state index contributed by atoms with van der Waals surface area (Å²) in [6, 6.07) is 6.09. The minimum absolute atomic E-state index is 0.916. The first-order valence-corrected chi connectivity index (χ1v) is 6.17. The van der Waals surface area contributed by atoms with Crippen molar-refractivity contribution in [2.75, 3.05) is 19.0 Å². The van der Waals surface area contributed by atoms with Gasteiger partial charge in [-0.2, -0.15) is 0 Å². The van der Waals surface area contributed by atoms with Crippen LogP contribution in [0.5, 0.6) is 5.75 Å². The van der Waals surface area contributed by atoms with Crippen molar-refractivity contribution in [3.8, 4) is 5.75 Å². The summed E-state index contributed by atoms with van der Waals surface area (Å²) >= 11 is 0. The number of ether oxygens (including phenoxy) is 1. The third-order valence-corrected chi connectivity index (χ3v) is 1.78. The number of benzene rings is 1. The standard InChI is InChI=1S/C10H15NO.2C2H6/c1-4-11-9-7-5-6-8(2)10(9)12-3;2*1-2/h5-7,11H,4H2,1-3H3;2*1-2H3. The molecule has 1 aromatic carbocycles. The Morgan fingerprint density at radius 2 is 1.69 bits per heavy atom. The zero-order valence-electron chi connectivity index (χ0n) is 11.8. The third-order valence-electron chi connectivity index (χ3n) is 1.78. The van der Waals surface area contributed by atoms with Crippen LogP contribution < -0.4 is 10.1 Å². The van der Waals surface area contributed by atoms with Gasteiger partial charge in [-0.15, -0.1) is 0 Å². The van der Waals surface area contributed by atoms with Gasteiger partial charge in [0.25, 0.3) is 0 Å². The summed E-state index contributed by atoms with van der Waals surface area (Å²) in [5, 5.41) is 3.24. The largest absolute Gasteiger partial charge is 0.494 e. The Morgan fingerprint density at radius 1 is 1.12 bits per heavy atom. The molecule has 0 saturated heterocycles. The topological polar surface area (TPSA) is 21.3 Å². The molecule has 0 amide bonds. The van der Waals surface area contributed by atoms with Crippen molar-refractivity contribution >= 4 is 5.69 Å². The van der Waals surface area contributed by atoms with E-state index in [0.717, 1.165) is 23.5 Å². The number of nitrogens with one attached hydrogen (secondary N) is 1. The van der Waals surface area contributed by atoms with E-state index in [4.69, 9.17) is 4.74 Å². The van der Waals surface area contributed by atoms with Gasteiger partial charge in [0.2, 0.25) is 0 Å². The number of rotatable bonds is 3. The lowest BCUT2D eigenvalue weighted by Gasteiger charge is -2.11. The first-order chi connectivity index (χ1) is 7.79. The summed E-state index contributed by atoms with van der Waals surface area (Å²) in [5.74, 6) is 0.944. The van der Waals surface area contributed by atoms with Gasteiger partial charge < -0.3 is 10.1 Å². The van der Waals surface area contributed by atoms with E-state index in [2.05, 4.69) is 12.2 Å². The van der Waals surface area contributed by atoms with Crippen molar-refractivity contribution < 1.29 is 4.74 Å². The Labute approximate surface area is 101 Å². The van der Waals surface area contributed by atoms with Crippen LogP contribution in [0.1, 0.15) is 40.2 Å². The summed E-state index contributed by atoms with van der Waals surface area (Å²) in [7, 11) is 1.70. The number of aryl methyl sites for hydroxylation is 1. The Bertz CT molecular complexity index is 259. The van der Waals surface area contributed by atoms with Crippen LogP contribution in [-0.4, -0.2) is 13.7 Å². The molecule has 0 aromatic heterocycles. The molecule has 1 aromatic rings. The highest BCUT2D eigenvalue weighted by Gasteiger charge is 2.02. The highest BCUT2D eigenvalue weighted by molar-refractivity contribution is 5.59. The minimum atomic E-state index is 0.916. The summed E-state index contributed by atoms with van der Waals surface area (Å²) in [4.78, 5) is 0. The van der Waals surface area contributed by atoms with Crippen LogP contribution in [0, 0.1) is 6.92 Å². The third kappa shape index (κ3) is 5.64. The maximum Gasteiger partial charge on any atom is 0.144 e. The lowest BCUT2D eigenvalue weighted by Crippen LogP contribution is -2.00. The summed E-state index contributed by atoms with van der Waals surface area (Å²) in [6.45, 7) is 13.0. The average molecular weight is 225 g/mol. The molecule has 0 unspecified atom stereocenters. The second-order valence-corrected chi connectivity index (χ2v) is 2.69. The molecular formula is C14H27NO. The van der Waals surface area contributed by atoms with Crippen LogP contribution in [-0.2, 0) is 0 Å². The first kappa shape index (κ1) is 17.2. The molecule has 94 valence electrons. The molecule has 0 fully saturated rings. The summed E-state index contributed by atoms with van der Waals surface area (Å²) < 4.78 is 5.27. The number of methoxy groups -OCH3 is 1. The molecule has 0 saturated carbocycles. The van der Waals surface area contributed by atoms with Gasteiger partial charge in [-0.1, -0.05) is 39.8 Å². The smallest absolute Gasteiger partial charge is 0.144 e. The van der Waals surface area contributed by atoms with Crippen molar-refractivity contribution in [3.63, 3.8) is 0 Å². The SMILES string of the molecule is CC.CC.CCNc1cccc(C)c1OC. The monoisotopic (exact) mass is 225 g/mol. The predicted molar refractivity (Wildman–Crippen MR) is 74.6 cm³/mol. The molecule has 0 atom stereocenters. The quantitative estimate of drug-likeness (QED) is 0.818. The second-order valence-electron chi connectivity index (χ2n) is 2.69. The van der Waals surface area contributed by atoms with E-state index in [9.17, 15) is 0 Å². The molecule has 0 aliphatic heterocycles. The minimum Gasteiger partial charge on any atom is -0.494 e. The number of hydrogen-bond donors (Lipinski definition) is 1. The van der Waals surface area contributed by atoms with Gasteiger partial charge >= 0.3 is 0 Å². The van der Waals surface area contributed by atoms with Crippen molar-refractivity contribution in [1.29, 1.82) is 0 Å². The fourth-order valence-corrected chi connectivity index (χ4v) is 1.25. The first-order valence-electron chi connectivity index (χ1n) is 6.17. The van der Waals surface area contributed by atoms with Gasteiger partial charge in [-0.3, -0.25) is 0 Å². The Balaban J connectivity index is 0. The molecule has 0 spiro atoms. The zero-order valence-corrected chi connectivity index (χ0v) is 11.8. The number of hydrogen-bond acceptors (Lipinski definition) is 2. The van der Waals surface area contributed by atoms with Gasteiger partial charge in [-0.05, 0) is 25.5 Å². The van der Waals surface area contributed by atoms with E-state index in [-0.39, 0.29) is 0 Å². The molecule has 16 heavy (non-hydrogen) atoms. The molecule has 2 heteroatoms. The summed E-state index contributed by atoms with van der Waals surface area (Å²) in [6.07, 6.45) is 0. The Kier molecular flexibility index (Phi) is 12.8. The molecule has 0 bridgehead atoms. The van der Waals surface area contributed by atoms with Crippen molar-refractivity contribution in [3.05, 3.63) is 23.8 Å². The molecule has 1 N–H and O–H groups in total. The van der Waals surface area contributed by atoms with E-state index in [1.807, 2.05) is 52.8 Å². The van der Waals surface area contributed by atoms with Crippen molar-refractivity contribution in [2.24, 2.45) is 0 Å². The molecule has 2 nitrogen and oxygen atoms in total. The van der Waals surface area contributed by atoms with Gasteiger partial charge in [0, 0.05) is 6.54 Å². The van der Waals surface area contributed by atoms with Gasteiger partial charge in [-0.25, -0.2) is 0 Å². The molecule has 1 rings (SSSR count). The molecule has 0 aliphatic carbocycles. The predicted octanol–water partition coefficient (Wildman–Crippen LogP) is 4.49. The average Bonchev–Trinajstić information content (AvgIpc) is 2.35. The fourth-order valence-electron chi connectivity index (χ4n) is 1.25. The molecule has 0 heterocycles. The fraction of sp³-hybridized carbons (Fsp3) is 0.571. The van der Waals surface area contributed by atoms with Crippen LogP contribution >= 0.6 is 0 Å². The van der Waals surface area contributed by atoms with E-state index in [1.54, 1.807) is 7.11 Å². The van der Waals surface area contributed by atoms with E-state index in [0.29, 0.717) is 0 Å². The molecule has 0 aliphatic rings. The summed E-state index contributed by atoms with van der Waals surface area (Å²) in [5.41, 5.74) is 2.23. The normalized spacial score (nSPS) is 7.94. The van der Waals surface area contributed by atoms with Crippen molar-refractivity contribution in [1.82, 2.24) is 0 Å².